The Morgan fingerprint density at radius 3 is 3.15 bits per heavy atom. The van der Waals surface area contributed by atoms with E-state index in [1.807, 2.05) is 0 Å². The third kappa shape index (κ3) is 3.15. The summed E-state index contributed by atoms with van der Waals surface area (Å²) in [5.41, 5.74) is 0. The van der Waals surface area contributed by atoms with Crippen LogP contribution in [0.15, 0.2) is 0 Å². The van der Waals surface area contributed by atoms with Gasteiger partial charge in [-0.05, 0) is 44.7 Å². The van der Waals surface area contributed by atoms with Crippen molar-refractivity contribution in [2.45, 2.75) is 50.8 Å². The Hall–Kier alpha value is -0.650. The van der Waals surface area contributed by atoms with Crippen LogP contribution in [0.2, 0.25) is 0 Å². The third-order valence-corrected chi connectivity index (χ3v) is 5.02. The molecule has 4 unspecified atom stereocenters. The molecule has 3 aliphatic heterocycles. The van der Waals surface area contributed by atoms with Crippen LogP contribution < -0.4 is 10.6 Å². The fraction of sp³-hybridized carbons (Fsp3) is 0.933. The highest BCUT2D eigenvalue weighted by Gasteiger charge is 2.33. The van der Waals surface area contributed by atoms with Crippen molar-refractivity contribution < 1.29 is 9.53 Å². The van der Waals surface area contributed by atoms with Crippen LogP contribution in [-0.2, 0) is 9.53 Å². The molecule has 3 saturated heterocycles. The number of rotatable bonds is 3. The van der Waals surface area contributed by atoms with Crippen LogP contribution in [0.3, 0.4) is 0 Å². The van der Waals surface area contributed by atoms with E-state index >= 15 is 0 Å². The molecular formula is C15H27N3O2. The second-order valence-electron chi connectivity index (χ2n) is 6.54. The van der Waals surface area contributed by atoms with Gasteiger partial charge in [0.2, 0.25) is 5.91 Å². The minimum atomic E-state index is -0.0214. The average Bonchev–Trinajstić information content (AvgIpc) is 2.92. The lowest BCUT2D eigenvalue weighted by molar-refractivity contribution is -0.126. The molecule has 2 N–H and O–H groups in total. The number of nitrogens with zero attached hydrogens (tertiary/aromatic N) is 1. The number of fused-ring (bicyclic) bond motifs is 1. The van der Waals surface area contributed by atoms with E-state index in [1.54, 1.807) is 0 Å². The van der Waals surface area contributed by atoms with E-state index < -0.39 is 0 Å². The molecule has 20 heavy (non-hydrogen) atoms. The summed E-state index contributed by atoms with van der Waals surface area (Å²) in [5, 5.41) is 6.41. The van der Waals surface area contributed by atoms with Gasteiger partial charge in [0.25, 0.3) is 0 Å². The summed E-state index contributed by atoms with van der Waals surface area (Å²) in [6.07, 6.45) is 5.03. The first-order valence-corrected chi connectivity index (χ1v) is 8.11. The summed E-state index contributed by atoms with van der Waals surface area (Å²) in [6.45, 7) is 6.75. The molecule has 3 aliphatic rings. The number of carbonyl (C=O) groups excluding carboxylic acids is 1. The highest BCUT2D eigenvalue weighted by Crippen LogP contribution is 2.22. The molecule has 0 spiro atoms. The topological polar surface area (TPSA) is 53.6 Å². The van der Waals surface area contributed by atoms with Crippen molar-refractivity contribution in [3.8, 4) is 0 Å². The molecule has 0 saturated carbocycles. The molecule has 0 aromatic heterocycles. The van der Waals surface area contributed by atoms with E-state index in [2.05, 4.69) is 22.5 Å². The molecule has 0 aromatic rings. The molecule has 0 aliphatic carbocycles. The molecule has 3 fully saturated rings. The van der Waals surface area contributed by atoms with Crippen LogP contribution in [-0.4, -0.2) is 61.8 Å². The lowest BCUT2D eigenvalue weighted by Gasteiger charge is -2.36. The molecular weight excluding hydrogens is 254 g/mol. The lowest BCUT2D eigenvalue weighted by Crippen LogP contribution is -2.54. The molecule has 0 aromatic carbocycles. The minimum absolute atomic E-state index is 0.0214. The van der Waals surface area contributed by atoms with Gasteiger partial charge in [0, 0.05) is 19.1 Å². The van der Waals surface area contributed by atoms with Gasteiger partial charge in [-0.25, -0.2) is 0 Å². The van der Waals surface area contributed by atoms with Crippen LogP contribution in [0.5, 0.6) is 0 Å². The van der Waals surface area contributed by atoms with Gasteiger partial charge in [-0.15, -0.1) is 0 Å². The van der Waals surface area contributed by atoms with Crippen LogP contribution in [0, 0.1) is 5.92 Å². The zero-order valence-electron chi connectivity index (χ0n) is 12.4. The summed E-state index contributed by atoms with van der Waals surface area (Å²) in [5.74, 6) is 0.573. The van der Waals surface area contributed by atoms with E-state index in [1.165, 1.54) is 25.8 Å². The quantitative estimate of drug-likeness (QED) is 0.784. The maximum atomic E-state index is 12.2. The average molecular weight is 281 g/mol. The number of carbonyl (C=O) groups is 1. The van der Waals surface area contributed by atoms with Crippen molar-refractivity contribution in [2.75, 3.05) is 32.8 Å². The summed E-state index contributed by atoms with van der Waals surface area (Å²) >= 11 is 0. The number of amides is 1. The SMILES string of the molecule is CC1CCCNC1C(=O)NCC1CN2CCCC2CO1. The van der Waals surface area contributed by atoms with Crippen molar-refractivity contribution in [2.24, 2.45) is 5.92 Å². The summed E-state index contributed by atoms with van der Waals surface area (Å²) < 4.78 is 5.88. The first-order chi connectivity index (χ1) is 9.74. The molecule has 0 bridgehead atoms. The fourth-order valence-electron chi connectivity index (χ4n) is 3.73. The number of ether oxygens (including phenoxy) is 1. The number of morpholine rings is 1. The molecule has 5 heteroatoms. The van der Waals surface area contributed by atoms with Gasteiger partial charge in [0.1, 0.15) is 0 Å². The Morgan fingerprint density at radius 2 is 2.30 bits per heavy atom. The normalized spacial score (nSPS) is 38.5. The second-order valence-corrected chi connectivity index (χ2v) is 6.54. The van der Waals surface area contributed by atoms with Gasteiger partial charge < -0.3 is 15.4 Å². The molecule has 3 heterocycles. The summed E-state index contributed by atoms with van der Waals surface area (Å²) in [4.78, 5) is 14.8. The van der Waals surface area contributed by atoms with Crippen molar-refractivity contribution in [3.63, 3.8) is 0 Å². The van der Waals surface area contributed by atoms with Gasteiger partial charge in [-0.3, -0.25) is 9.69 Å². The molecule has 114 valence electrons. The van der Waals surface area contributed by atoms with E-state index in [0.717, 1.165) is 26.1 Å². The third-order valence-electron chi connectivity index (χ3n) is 5.02. The van der Waals surface area contributed by atoms with Crippen molar-refractivity contribution >= 4 is 5.91 Å². The smallest absolute Gasteiger partial charge is 0.237 e. The van der Waals surface area contributed by atoms with Crippen LogP contribution in [0.4, 0.5) is 0 Å². The predicted molar refractivity (Wildman–Crippen MR) is 77.5 cm³/mol. The summed E-state index contributed by atoms with van der Waals surface area (Å²) in [6, 6.07) is 0.605. The minimum Gasteiger partial charge on any atom is -0.373 e. The summed E-state index contributed by atoms with van der Waals surface area (Å²) in [7, 11) is 0. The molecule has 1 amide bonds. The highest BCUT2D eigenvalue weighted by molar-refractivity contribution is 5.82. The maximum absolute atomic E-state index is 12.2. The van der Waals surface area contributed by atoms with Gasteiger partial charge in [0.15, 0.2) is 0 Å². The Labute approximate surface area is 121 Å². The molecule has 4 atom stereocenters. The highest BCUT2D eigenvalue weighted by atomic mass is 16.5. The van der Waals surface area contributed by atoms with E-state index in [4.69, 9.17) is 4.74 Å². The van der Waals surface area contributed by atoms with Crippen molar-refractivity contribution in [1.29, 1.82) is 0 Å². The van der Waals surface area contributed by atoms with Gasteiger partial charge in [0.05, 0.1) is 18.8 Å². The Balaban J connectivity index is 1.43. The first kappa shape index (κ1) is 14.3. The van der Waals surface area contributed by atoms with Gasteiger partial charge in [-0.1, -0.05) is 6.92 Å². The van der Waals surface area contributed by atoms with Crippen molar-refractivity contribution in [1.82, 2.24) is 15.5 Å². The first-order valence-electron chi connectivity index (χ1n) is 8.11. The predicted octanol–water partition coefficient (Wildman–Crippen LogP) is 0.354. The van der Waals surface area contributed by atoms with Crippen molar-refractivity contribution in [3.05, 3.63) is 0 Å². The molecule has 0 radical (unpaired) electrons. The van der Waals surface area contributed by atoms with Gasteiger partial charge in [-0.2, -0.15) is 0 Å². The van der Waals surface area contributed by atoms with Crippen LogP contribution in [0.25, 0.3) is 0 Å². The lowest BCUT2D eigenvalue weighted by atomic mass is 9.92. The number of piperidine rings is 1. The monoisotopic (exact) mass is 281 g/mol. The largest absolute Gasteiger partial charge is 0.373 e. The number of nitrogens with one attached hydrogen (secondary N) is 2. The Kier molecular flexibility index (Phi) is 4.58. The molecule has 3 rings (SSSR count). The Morgan fingerprint density at radius 1 is 1.40 bits per heavy atom. The van der Waals surface area contributed by atoms with E-state index in [-0.39, 0.29) is 18.1 Å². The zero-order chi connectivity index (χ0) is 13.9. The Bertz CT molecular complexity index is 350. The second kappa shape index (κ2) is 6.41. The van der Waals surface area contributed by atoms with E-state index in [0.29, 0.717) is 18.5 Å². The standard InChI is InChI=1S/C15H27N3O2/c1-11-4-2-6-16-14(11)15(19)17-8-13-9-18-7-3-5-12(18)10-20-13/h11-14,16H,2-10H2,1H3,(H,17,19). The number of hydrogen-bond donors (Lipinski definition) is 2. The maximum Gasteiger partial charge on any atom is 0.237 e. The van der Waals surface area contributed by atoms with E-state index in [9.17, 15) is 4.79 Å². The van der Waals surface area contributed by atoms with Crippen LogP contribution >= 0.6 is 0 Å². The zero-order valence-corrected chi connectivity index (χ0v) is 12.4. The fourth-order valence-corrected chi connectivity index (χ4v) is 3.73. The molecule has 5 nitrogen and oxygen atoms in total. The van der Waals surface area contributed by atoms with Gasteiger partial charge >= 0.3 is 0 Å². The number of hydrogen-bond acceptors (Lipinski definition) is 4. The van der Waals surface area contributed by atoms with Crippen LogP contribution in [0.1, 0.15) is 32.6 Å².